The van der Waals surface area contributed by atoms with Gasteiger partial charge in [-0.1, -0.05) is 24.3 Å². The van der Waals surface area contributed by atoms with Crippen molar-refractivity contribution in [1.82, 2.24) is 19.7 Å². The van der Waals surface area contributed by atoms with E-state index in [9.17, 15) is 9.59 Å². The van der Waals surface area contributed by atoms with Gasteiger partial charge < -0.3 is 10.1 Å². The third-order valence-corrected chi connectivity index (χ3v) is 7.52. The highest BCUT2D eigenvalue weighted by Gasteiger charge is 2.26. The molecule has 33 heavy (non-hydrogen) atoms. The molecule has 1 N–H and O–H groups in total. The normalized spacial score (nSPS) is 13.1. The third kappa shape index (κ3) is 5.17. The van der Waals surface area contributed by atoms with Gasteiger partial charge in [-0.2, -0.15) is 0 Å². The molecule has 1 aliphatic carbocycles. The highest BCUT2D eigenvalue weighted by Crippen LogP contribution is 2.38. The Labute approximate surface area is 200 Å². The molecule has 0 aromatic carbocycles. The van der Waals surface area contributed by atoms with Gasteiger partial charge in [0.2, 0.25) is 5.91 Å². The summed E-state index contributed by atoms with van der Waals surface area (Å²) in [5.74, 6) is 0.189. The van der Waals surface area contributed by atoms with Gasteiger partial charge in [-0.15, -0.1) is 28.1 Å². The van der Waals surface area contributed by atoms with Crippen molar-refractivity contribution in [3.05, 3.63) is 53.2 Å². The van der Waals surface area contributed by atoms with E-state index in [-0.39, 0.29) is 11.7 Å². The first-order chi connectivity index (χ1) is 16.1. The van der Waals surface area contributed by atoms with Crippen LogP contribution in [0.4, 0.5) is 5.00 Å². The van der Waals surface area contributed by atoms with Crippen LogP contribution in [0.2, 0.25) is 0 Å². The second kappa shape index (κ2) is 10.8. The van der Waals surface area contributed by atoms with Crippen molar-refractivity contribution in [2.45, 2.75) is 43.8 Å². The molecule has 0 spiro atoms. The van der Waals surface area contributed by atoms with Gasteiger partial charge in [0.15, 0.2) is 11.0 Å². The van der Waals surface area contributed by atoms with Crippen molar-refractivity contribution < 1.29 is 14.3 Å². The fourth-order valence-corrected chi connectivity index (χ4v) is 5.88. The zero-order valence-corrected chi connectivity index (χ0v) is 20.0. The first kappa shape index (κ1) is 23.2. The number of thioether (sulfide) groups is 1. The Bertz CT molecular complexity index is 1160. The highest BCUT2D eigenvalue weighted by molar-refractivity contribution is 7.99. The summed E-state index contributed by atoms with van der Waals surface area (Å²) in [5, 5.41) is 12.7. The lowest BCUT2D eigenvalue weighted by molar-refractivity contribution is -0.113. The number of anilines is 1. The molecule has 3 aromatic heterocycles. The number of ether oxygens (including phenoxy) is 1. The number of aryl methyl sites for hydroxylation is 1. The van der Waals surface area contributed by atoms with Crippen LogP contribution in [0.25, 0.3) is 11.4 Å². The molecule has 172 valence electrons. The average Bonchev–Trinajstić information content (AvgIpc) is 3.30. The fraction of sp³-hybridized carbons (Fsp3) is 0.348. The quantitative estimate of drug-likeness (QED) is 0.220. The monoisotopic (exact) mass is 483 g/mol. The van der Waals surface area contributed by atoms with Gasteiger partial charge >= 0.3 is 5.97 Å². The van der Waals surface area contributed by atoms with Crippen LogP contribution in [0, 0.1) is 0 Å². The zero-order chi connectivity index (χ0) is 23.2. The Kier molecular flexibility index (Phi) is 7.56. The molecule has 0 bridgehead atoms. The van der Waals surface area contributed by atoms with Crippen LogP contribution in [-0.4, -0.2) is 44.5 Å². The minimum Gasteiger partial charge on any atom is -0.465 e. The number of esters is 1. The lowest BCUT2D eigenvalue weighted by atomic mass is 10.1. The second-order valence-electron chi connectivity index (χ2n) is 7.54. The number of fused-ring (bicyclic) bond motifs is 1. The van der Waals surface area contributed by atoms with E-state index in [1.54, 1.807) is 18.5 Å². The smallest absolute Gasteiger partial charge is 0.341 e. The van der Waals surface area contributed by atoms with Crippen LogP contribution >= 0.6 is 23.1 Å². The van der Waals surface area contributed by atoms with E-state index >= 15 is 0 Å². The molecule has 1 amide bonds. The molecule has 3 aromatic rings. The standard InChI is InChI=1S/C23H25N5O3S2/c1-3-12-28-20(15-8-7-11-24-13-15)26-27-23(28)32-14-18(29)25-21-19(22(30)31-2)16-9-5-4-6-10-17(16)33-21/h3,7-8,11,13H,1,4-6,9-10,12,14H2,2H3,(H,25,29). The number of aromatic nitrogens is 4. The summed E-state index contributed by atoms with van der Waals surface area (Å²) in [7, 11) is 1.37. The summed E-state index contributed by atoms with van der Waals surface area (Å²) in [6.07, 6.45) is 10.2. The lowest BCUT2D eigenvalue weighted by Gasteiger charge is -2.09. The molecule has 0 aliphatic heterocycles. The van der Waals surface area contributed by atoms with Crippen molar-refractivity contribution in [2.75, 3.05) is 18.2 Å². The number of carbonyl (C=O) groups is 2. The summed E-state index contributed by atoms with van der Waals surface area (Å²) >= 11 is 2.77. The Morgan fingerprint density at radius 2 is 2.15 bits per heavy atom. The summed E-state index contributed by atoms with van der Waals surface area (Å²) in [6.45, 7) is 4.32. The van der Waals surface area contributed by atoms with Gasteiger partial charge in [0.25, 0.3) is 0 Å². The number of amides is 1. The van der Waals surface area contributed by atoms with Crippen LogP contribution in [0.15, 0.2) is 42.3 Å². The Morgan fingerprint density at radius 3 is 2.91 bits per heavy atom. The molecule has 0 saturated carbocycles. The first-order valence-electron chi connectivity index (χ1n) is 10.7. The van der Waals surface area contributed by atoms with Crippen molar-refractivity contribution in [3.63, 3.8) is 0 Å². The number of hydrogen-bond donors (Lipinski definition) is 1. The molecule has 1 aliphatic rings. The number of thiophene rings is 1. The maximum Gasteiger partial charge on any atom is 0.341 e. The number of methoxy groups -OCH3 is 1. The molecule has 0 fully saturated rings. The average molecular weight is 484 g/mol. The Hall–Kier alpha value is -2.98. The third-order valence-electron chi connectivity index (χ3n) is 5.34. The van der Waals surface area contributed by atoms with E-state index in [1.807, 2.05) is 16.7 Å². The molecule has 10 heteroatoms. The van der Waals surface area contributed by atoms with E-state index < -0.39 is 5.97 Å². The van der Waals surface area contributed by atoms with Crippen LogP contribution in [0.5, 0.6) is 0 Å². The van der Waals surface area contributed by atoms with Crippen molar-refractivity contribution in [3.8, 4) is 11.4 Å². The van der Waals surface area contributed by atoms with Crippen molar-refractivity contribution >= 4 is 40.0 Å². The maximum atomic E-state index is 12.8. The molecule has 0 unspecified atom stereocenters. The Morgan fingerprint density at radius 1 is 1.30 bits per heavy atom. The van der Waals surface area contributed by atoms with Crippen molar-refractivity contribution in [1.29, 1.82) is 0 Å². The minimum absolute atomic E-state index is 0.130. The van der Waals surface area contributed by atoms with Gasteiger partial charge in [0.05, 0.1) is 18.4 Å². The summed E-state index contributed by atoms with van der Waals surface area (Å²) in [4.78, 5) is 30.6. The first-order valence-corrected chi connectivity index (χ1v) is 12.5. The van der Waals surface area contributed by atoms with Gasteiger partial charge in [-0.25, -0.2) is 4.79 Å². The highest BCUT2D eigenvalue weighted by atomic mass is 32.2. The van der Waals surface area contributed by atoms with Gasteiger partial charge in [0.1, 0.15) is 5.00 Å². The fourth-order valence-electron chi connectivity index (χ4n) is 3.84. The van der Waals surface area contributed by atoms with E-state index in [0.29, 0.717) is 28.1 Å². The van der Waals surface area contributed by atoms with Gasteiger partial charge in [0, 0.05) is 29.4 Å². The number of hydrogen-bond acceptors (Lipinski definition) is 8. The zero-order valence-electron chi connectivity index (χ0n) is 18.4. The molecule has 0 saturated heterocycles. The molecular weight excluding hydrogens is 458 g/mol. The Balaban J connectivity index is 1.50. The SMILES string of the molecule is C=CCn1c(SCC(=O)Nc2sc3c(c2C(=O)OC)CCCCC3)nnc1-c1cccnc1. The molecule has 0 atom stereocenters. The lowest BCUT2D eigenvalue weighted by Crippen LogP contribution is -2.16. The van der Waals surface area contributed by atoms with E-state index in [2.05, 4.69) is 27.1 Å². The molecule has 3 heterocycles. The second-order valence-corrected chi connectivity index (χ2v) is 9.59. The predicted octanol–water partition coefficient (Wildman–Crippen LogP) is 4.37. The molecule has 4 rings (SSSR count). The molecular formula is C23H25N5O3S2. The summed E-state index contributed by atoms with van der Waals surface area (Å²) in [5.41, 5.74) is 2.37. The number of rotatable bonds is 8. The van der Waals surface area contributed by atoms with E-state index in [1.165, 1.54) is 35.1 Å². The van der Waals surface area contributed by atoms with Crippen LogP contribution in [0.3, 0.4) is 0 Å². The number of carbonyl (C=O) groups excluding carboxylic acids is 2. The maximum absolute atomic E-state index is 12.8. The molecule has 8 nitrogen and oxygen atoms in total. The van der Waals surface area contributed by atoms with Crippen molar-refractivity contribution in [2.24, 2.45) is 0 Å². The number of pyridine rings is 1. The number of nitrogens with zero attached hydrogens (tertiary/aromatic N) is 4. The molecule has 0 radical (unpaired) electrons. The van der Waals surface area contributed by atoms with Crippen LogP contribution in [-0.2, 0) is 28.9 Å². The van der Waals surface area contributed by atoms with E-state index in [0.717, 1.165) is 43.2 Å². The van der Waals surface area contributed by atoms with E-state index in [4.69, 9.17) is 4.74 Å². The summed E-state index contributed by atoms with van der Waals surface area (Å²) < 4.78 is 6.91. The largest absolute Gasteiger partial charge is 0.465 e. The topological polar surface area (TPSA) is 99.0 Å². The van der Waals surface area contributed by atoms with Crippen LogP contribution < -0.4 is 5.32 Å². The summed E-state index contributed by atoms with van der Waals surface area (Å²) in [6, 6.07) is 3.75. The van der Waals surface area contributed by atoms with Gasteiger partial charge in [-0.05, 0) is 43.4 Å². The number of allylic oxidation sites excluding steroid dienone is 1. The minimum atomic E-state index is -0.399. The number of nitrogens with one attached hydrogen (secondary N) is 1. The van der Waals surface area contributed by atoms with Crippen LogP contribution in [0.1, 0.15) is 40.1 Å². The van der Waals surface area contributed by atoms with Gasteiger partial charge in [-0.3, -0.25) is 14.3 Å². The predicted molar refractivity (Wildman–Crippen MR) is 130 cm³/mol.